The maximum absolute atomic E-state index is 10.1. The Hall–Kier alpha value is -1.21. The number of rotatable bonds is 3. The lowest BCUT2D eigenvalue weighted by molar-refractivity contribution is -0.0467. The molecule has 4 heteroatoms. The van der Waals surface area contributed by atoms with Gasteiger partial charge in [-0.2, -0.15) is 5.26 Å². The average Bonchev–Trinajstić information content (AvgIpc) is 2.15. The van der Waals surface area contributed by atoms with Crippen LogP contribution >= 0.6 is 0 Å². The number of aliphatic hydroxyl groups is 1. The highest BCUT2D eigenvalue weighted by molar-refractivity contribution is 4.97. The van der Waals surface area contributed by atoms with Gasteiger partial charge in [0.25, 0.3) is 0 Å². The second-order valence-corrected chi connectivity index (χ2v) is 5.65. The summed E-state index contributed by atoms with van der Waals surface area (Å²) in [5, 5.41) is 18.7. The van der Waals surface area contributed by atoms with Crippen molar-refractivity contribution in [3.05, 3.63) is 12.5 Å². The van der Waals surface area contributed by atoms with Crippen LogP contribution in [0.4, 0.5) is 0 Å². The van der Waals surface area contributed by atoms with E-state index in [0.717, 1.165) is 0 Å². The molecule has 0 bridgehead atoms. The Balaban J connectivity index is 2.47. The number of ether oxygens (including phenoxy) is 1. The predicted octanol–water partition coefficient (Wildman–Crippen LogP) is 2.01. The average molecular weight is 238 g/mol. The summed E-state index contributed by atoms with van der Waals surface area (Å²) >= 11 is 0. The van der Waals surface area contributed by atoms with Crippen LogP contribution in [0.3, 0.4) is 0 Å². The summed E-state index contributed by atoms with van der Waals surface area (Å²) in [4.78, 5) is 2.02. The van der Waals surface area contributed by atoms with E-state index in [1.807, 2.05) is 31.7 Å². The first-order chi connectivity index (χ1) is 7.76. The van der Waals surface area contributed by atoms with E-state index in [0.29, 0.717) is 31.8 Å². The van der Waals surface area contributed by atoms with E-state index in [-0.39, 0.29) is 12.0 Å². The second-order valence-electron chi connectivity index (χ2n) is 5.65. The highest BCUT2D eigenvalue weighted by Gasteiger charge is 2.33. The van der Waals surface area contributed by atoms with Crippen LogP contribution in [-0.2, 0) is 4.74 Å². The molecule has 0 unspecified atom stereocenters. The molecule has 1 heterocycles. The van der Waals surface area contributed by atoms with Crippen LogP contribution in [0.15, 0.2) is 12.5 Å². The summed E-state index contributed by atoms with van der Waals surface area (Å²) in [5.41, 5.74) is -1.08. The van der Waals surface area contributed by atoms with E-state index >= 15 is 0 Å². The summed E-state index contributed by atoms with van der Waals surface area (Å²) in [7, 11) is 0. The fraction of sp³-hybridized carbons (Fsp3) is 0.769. The van der Waals surface area contributed by atoms with Gasteiger partial charge >= 0.3 is 0 Å². The Labute approximate surface area is 103 Å². The standard InChI is InChI=1S/C13H22N2O2/c1-11(17-12(2,3)4)15-9-6-13(16,5-8-14)7-10-15/h16H,1,5-7,9-10H2,2-4H3. The Morgan fingerprint density at radius 2 is 2.00 bits per heavy atom. The second kappa shape index (κ2) is 4.97. The zero-order chi connectivity index (χ0) is 13.1. The molecule has 0 radical (unpaired) electrons. The molecule has 1 saturated heterocycles. The Morgan fingerprint density at radius 3 is 2.41 bits per heavy atom. The largest absolute Gasteiger partial charge is 0.474 e. The smallest absolute Gasteiger partial charge is 0.182 e. The minimum atomic E-state index is -0.826. The highest BCUT2D eigenvalue weighted by atomic mass is 16.5. The van der Waals surface area contributed by atoms with Crippen LogP contribution in [0.1, 0.15) is 40.0 Å². The molecule has 0 aromatic heterocycles. The van der Waals surface area contributed by atoms with Crippen molar-refractivity contribution in [3.8, 4) is 6.07 Å². The molecular weight excluding hydrogens is 216 g/mol. The monoisotopic (exact) mass is 238 g/mol. The van der Waals surface area contributed by atoms with Crippen LogP contribution in [-0.4, -0.2) is 34.3 Å². The molecule has 4 nitrogen and oxygen atoms in total. The predicted molar refractivity (Wildman–Crippen MR) is 66.0 cm³/mol. The number of hydrogen-bond donors (Lipinski definition) is 1. The van der Waals surface area contributed by atoms with E-state index < -0.39 is 5.60 Å². The summed E-state index contributed by atoms with van der Waals surface area (Å²) < 4.78 is 5.69. The lowest BCUT2D eigenvalue weighted by Gasteiger charge is -2.39. The number of nitriles is 1. The van der Waals surface area contributed by atoms with E-state index in [9.17, 15) is 5.11 Å². The maximum atomic E-state index is 10.1. The Bertz CT molecular complexity index is 317. The highest BCUT2D eigenvalue weighted by Crippen LogP contribution is 2.28. The summed E-state index contributed by atoms with van der Waals surface area (Å²) in [6, 6.07) is 2.04. The molecule has 0 aliphatic carbocycles. The quantitative estimate of drug-likeness (QED) is 0.764. The van der Waals surface area contributed by atoms with E-state index in [4.69, 9.17) is 10.00 Å². The van der Waals surface area contributed by atoms with Crippen molar-refractivity contribution < 1.29 is 9.84 Å². The van der Waals surface area contributed by atoms with Gasteiger partial charge in [0.15, 0.2) is 5.88 Å². The fourth-order valence-electron chi connectivity index (χ4n) is 1.91. The molecule has 1 aliphatic rings. The van der Waals surface area contributed by atoms with Crippen molar-refractivity contribution >= 4 is 0 Å². The number of nitrogens with zero attached hydrogens (tertiary/aromatic N) is 2. The van der Waals surface area contributed by atoms with Gasteiger partial charge in [0.2, 0.25) is 0 Å². The first kappa shape index (κ1) is 13.9. The summed E-state index contributed by atoms with van der Waals surface area (Å²) in [6.07, 6.45) is 1.38. The van der Waals surface area contributed by atoms with Crippen LogP contribution in [0.2, 0.25) is 0 Å². The molecular formula is C13H22N2O2. The first-order valence-electron chi connectivity index (χ1n) is 5.98. The molecule has 1 N–H and O–H groups in total. The lowest BCUT2D eigenvalue weighted by atomic mass is 9.89. The Morgan fingerprint density at radius 1 is 1.47 bits per heavy atom. The van der Waals surface area contributed by atoms with Crippen LogP contribution in [0.25, 0.3) is 0 Å². The SMILES string of the molecule is C=C(OC(C)(C)C)N1CCC(O)(CC#N)CC1. The van der Waals surface area contributed by atoms with Gasteiger partial charge in [0, 0.05) is 13.1 Å². The molecule has 0 saturated carbocycles. The van der Waals surface area contributed by atoms with Gasteiger partial charge in [-0.15, -0.1) is 0 Å². The number of piperidine rings is 1. The van der Waals surface area contributed by atoms with Crippen LogP contribution in [0.5, 0.6) is 0 Å². The summed E-state index contributed by atoms with van der Waals surface area (Å²) in [5.74, 6) is 0.650. The number of hydrogen-bond acceptors (Lipinski definition) is 4. The first-order valence-corrected chi connectivity index (χ1v) is 5.98. The van der Waals surface area contributed by atoms with Crippen molar-refractivity contribution in [2.75, 3.05) is 13.1 Å². The van der Waals surface area contributed by atoms with E-state index in [1.54, 1.807) is 0 Å². The van der Waals surface area contributed by atoms with Gasteiger partial charge in [0.05, 0.1) is 18.1 Å². The minimum Gasteiger partial charge on any atom is -0.474 e. The van der Waals surface area contributed by atoms with Gasteiger partial charge < -0.3 is 14.7 Å². The normalized spacial score (nSPS) is 19.6. The van der Waals surface area contributed by atoms with Crippen LogP contribution in [0, 0.1) is 11.3 Å². The van der Waals surface area contributed by atoms with Crippen molar-refractivity contribution in [3.63, 3.8) is 0 Å². The zero-order valence-corrected chi connectivity index (χ0v) is 11.0. The molecule has 17 heavy (non-hydrogen) atoms. The van der Waals surface area contributed by atoms with Gasteiger partial charge in [0.1, 0.15) is 5.60 Å². The van der Waals surface area contributed by atoms with Gasteiger partial charge in [-0.3, -0.25) is 0 Å². The number of likely N-dealkylation sites (tertiary alicyclic amines) is 1. The van der Waals surface area contributed by atoms with Gasteiger partial charge in [-0.1, -0.05) is 0 Å². The fourth-order valence-corrected chi connectivity index (χ4v) is 1.91. The molecule has 0 atom stereocenters. The molecule has 1 aliphatic heterocycles. The molecule has 0 spiro atoms. The zero-order valence-electron chi connectivity index (χ0n) is 11.0. The lowest BCUT2D eigenvalue weighted by Crippen LogP contribution is -2.44. The molecule has 0 amide bonds. The van der Waals surface area contributed by atoms with E-state index in [1.165, 1.54) is 0 Å². The molecule has 96 valence electrons. The Kier molecular flexibility index (Phi) is 4.05. The summed E-state index contributed by atoms with van der Waals surface area (Å²) in [6.45, 7) is 11.2. The van der Waals surface area contributed by atoms with Gasteiger partial charge in [-0.25, -0.2) is 0 Å². The van der Waals surface area contributed by atoms with Crippen molar-refractivity contribution in [2.45, 2.75) is 51.2 Å². The molecule has 0 aromatic carbocycles. The third-order valence-electron chi connectivity index (χ3n) is 2.88. The topological polar surface area (TPSA) is 56.5 Å². The third-order valence-corrected chi connectivity index (χ3v) is 2.88. The minimum absolute atomic E-state index is 0.202. The van der Waals surface area contributed by atoms with E-state index in [2.05, 4.69) is 6.58 Å². The maximum Gasteiger partial charge on any atom is 0.182 e. The molecule has 1 fully saturated rings. The third kappa shape index (κ3) is 4.27. The van der Waals surface area contributed by atoms with Crippen LogP contribution < -0.4 is 0 Å². The molecule has 1 rings (SSSR count). The molecule has 0 aromatic rings. The van der Waals surface area contributed by atoms with Crippen molar-refractivity contribution in [2.24, 2.45) is 0 Å². The van der Waals surface area contributed by atoms with Crippen molar-refractivity contribution in [1.82, 2.24) is 4.90 Å². The van der Waals surface area contributed by atoms with Crippen molar-refractivity contribution in [1.29, 1.82) is 5.26 Å². The van der Waals surface area contributed by atoms with Gasteiger partial charge in [-0.05, 0) is 40.2 Å².